The maximum absolute atomic E-state index is 12.4. The molecule has 32 heavy (non-hydrogen) atoms. The van der Waals surface area contributed by atoms with Gasteiger partial charge in [0.15, 0.2) is 5.13 Å². The molecule has 2 aromatic rings. The first-order chi connectivity index (χ1) is 15.5. The van der Waals surface area contributed by atoms with E-state index >= 15 is 0 Å². The number of hydrazine groups is 1. The van der Waals surface area contributed by atoms with Gasteiger partial charge in [-0.3, -0.25) is 15.0 Å². The predicted molar refractivity (Wildman–Crippen MR) is 126 cm³/mol. The first-order valence-electron chi connectivity index (χ1n) is 11.0. The molecule has 1 saturated heterocycles. The van der Waals surface area contributed by atoms with Gasteiger partial charge in [0.1, 0.15) is 6.54 Å². The second-order valence-corrected chi connectivity index (χ2v) is 8.92. The van der Waals surface area contributed by atoms with Crippen molar-refractivity contribution in [3.63, 3.8) is 0 Å². The molecule has 3 N–H and O–H groups in total. The summed E-state index contributed by atoms with van der Waals surface area (Å²) in [6.07, 6.45) is 4.75. The van der Waals surface area contributed by atoms with Crippen molar-refractivity contribution in [1.29, 1.82) is 5.26 Å². The van der Waals surface area contributed by atoms with Crippen molar-refractivity contribution < 1.29 is 9.59 Å². The quantitative estimate of drug-likeness (QED) is 0.475. The Morgan fingerprint density at radius 2 is 1.94 bits per heavy atom. The van der Waals surface area contributed by atoms with Crippen LogP contribution in [0.15, 0.2) is 29.6 Å². The highest BCUT2D eigenvalue weighted by Gasteiger charge is 2.13. The van der Waals surface area contributed by atoms with Gasteiger partial charge in [-0.15, -0.1) is 11.3 Å². The van der Waals surface area contributed by atoms with Gasteiger partial charge in [0.25, 0.3) is 5.91 Å². The van der Waals surface area contributed by atoms with Gasteiger partial charge in [-0.2, -0.15) is 5.26 Å². The number of thiazole rings is 1. The molecule has 170 valence electrons. The lowest BCUT2D eigenvalue weighted by Gasteiger charge is -2.26. The minimum absolute atomic E-state index is 0.0233. The molecule has 1 aliphatic heterocycles. The Labute approximate surface area is 193 Å². The molecule has 1 fully saturated rings. The number of aromatic nitrogens is 1. The van der Waals surface area contributed by atoms with Crippen molar-refractivity contribution in [2.24, 2.45) is 5.92 Å². The van der Waals surface area contributed by atoms with Crippen LogP contribution in [0.2, 0.25) is 0 Å². The van der Waals surface area contributed by atoms with E-state index in [1.54, 1.807) is 23.5 Å². The lowest BCUT2D eigenvalue weighted by Crippen LogP contribution is -2.34. The number of rotatable bonds is 10. The fourth-order valence-electron chi connectivity index (χ4n) is 3.55. The van der Waals surface area contributed by atoms with Gasteiger partial charge in [0.05, 0.1) is 11.8 Å². The lowest BCUT2D eigenvalue weighted by molar-refractivity contribution is -0.121. The minimum atomic E-state index is -0.141. The molecule has 0 spiro atoms. The van der Waals surface area contributed by atoms with Crippen LogP contribution < -0.4 is 16.1 Å². The molecule has 1 unspecified atom stereocenters. The van der Waals surface area contributed by atoms with Crippen LogP contribution in [0.3, 0.4) is 0 Å². The molecule has 1 atom stereocenters. The number of amides is 2. The number of piperidine rings is 1. The average Bonchev–Trinajstić information content (AvgIpc) is 3.26. The number of nitriles is 1. The second-order valence-electron chi connectivity index (χ2n) is 8.06. The first kappa shape index (κ1) is 23.7. The summed E-state index contributed by atoms with van der Waals surface area (Å²) in [4.78, 5) is 28.7. The monoisotopic (exact) mass is 454 g/mol. The van der Waals surface area contributed by atoms with Crippen LogP contribution in [0.1, 0.15) is 49.4 Å². The highest BCUT2D eigenvalue weighted by Crippen LogP contribution is 2.26. The Hall–Kier alpha value is -2.96. The third-order valence-electron chi connectivity index (χ3n) is 5.38. The topological polar surface area (TPSA) is 110 Å². The van der Waals surface area contributed by atoms with E-state index in [0.717, 1.165) is 29.5 Å². The van der Waals surface area contributed by atoms with Gasteiger partial charge in [0, 0.05) is 42.6 Å². The fraction of sp³-hybridized carbons (Fsp3) is 0.478. The zero-order valence-electron chi connectivity index (χ0n) is 18.4. The van der Waals surface area contributed by atoms with E-state index in [1.807, 2.05) is 30.5 Å². The van der Waals surface area contributed by atoms with E-state index in [4.69, 9.17) is 5.26 Å². The number of benzene rings is 1. The van der Waals surface area contributed by atoms with Crippen LogP contribution in [0.25, 0.3) is 11.3 Å². The largest absolute Gasteiger partial charge is 0.352 e. The van der Waals surface area contributed by atoms with E-state index in [9.17, 15) is 9.59 Å². The van der Waals surface area contributed by atoms with E-state index < -0.39 is 0 Å². The van der Waals surface area contributed by atoms with Crippen molar-refractivity contribution in [2.75, 3.05) is 31.6 Å². The molecule has 9 heteroatoms. The van der Waals surface area contributed by atoms with Crippen molar-refractivity contribution in [3.05, 3.63) is 35.2 Å². The van der Waals surface area contributed by atoms with Crippen LogP contribution in [-0.2, 0) is 4.79 Å². The summed E-state index contributed by atoms with van der Waals surface area (Å²) in [6, 6.07) is 9.32. The summed E-state index contributed by atoms with van der Waals surface area (Å²) in [7, 11) is 0. The van der Waals surface area contributed by atoms with Gasteiger partial charge in [-0.1, -0.05) is 25.5 Å². The number of nitrogens with one attached hydrogen (secondary N) is 3. The van der Waals surface area contributed by atoms with Gasteiger partial charge in [-0.05, 0) is 37.3 Å². The SMILES string of the molecule is CC(CCNC(=O)c1ccc(-c2csc(NN3CCCCC3)n2)cc1)CC(=O)NCC#N. The Morgan fingerprint density at radius 1 is 1.19 bits per heavy atom. The van der Waals surface area contributed by atoms with Crippen molar-refractivity contribution >= 4 is 28.3 Å². The van der Waals surface area contributed by atoms with E-state index in [0.29, 0.717) is 24.9 Å². The average molecular weight is 455 g/mol. The van der Waals surface area contributed by atoms with E-state index in [1.165, 1.54) is 19.3 Å². The lowest BCUT2D eigenvalue weighted by atomic mass is 10.0. The Kier molecular flexibility index (Phi) is 9.01. The maximum atomic E-state index is 12.4. The second kappa shape index (κ2) is 12.2. The molecule has 1 aromatic carbocycles. The molecular formula is C23H30N6O2S. The molecule has 3 rings (SSSR count). The Bertz CT molecular complexity index is 931. The normalized spacial score (nSPS) is 14.9. The van der Waals surface area contributed by atoms with E-state index in [2.05, 4.69) is 26.1 Å². The highest BCUT2D eigenvalue weighted by atomic mass is 32.1. The minimum Gasteiger partial charge on any atom is -0.352 e. The number of hydrogen-bond donors (Lipinski definition) is 3. The molecular weight excluding hydrogens is 424 g/mol. The summed E-state index contributed by atoms with van der Waals surface area (Å²) >= 11 is 1.58. The predicted octanol–water partition coefficient (Wildman–Crippen LogP) is 3.41. The van der Waals surface area contributed by atoms with Crippen molar-refractivity contribution in [3.8, 4) is 17.3 Å². The maximum Gasteiger partial charge on any atom is 0.251 e. The summed E-state index contributed by atoms with van der Waals surface area (Å²) < 4.78 is 0. The molecule has 0 aliphatic carbocycles. The molecule has 2 amide bonds. The Balaban J connectivity index is 1.44. The van der Waals surface area contributed by atoms with Gasteiger partial charge in [-0.25, -0.2) is 9.99 Å². The number of nitrogens with zero attached hydrogens (tertiary/aromatic N) is 3. The molecule has 2 heterocycles. The van der Waals surface area contributed by atoms with Crippen LogP contribution in [-0.4, -0.2) is 48.0 Å². The summed E-state index contributed by atoms with van der Waals surface area (Å²) in [5.74, 6) is -0.158. The smallest absolute Gasteiger partial charge is 0.251 e. The number of hydrogen-bond acceptors (Lipinski definition) is 7. The van der Waals surface area contributed by atoms with Crippen LogP contribution >= 0.6 is 11.3 Å². The number of carbonyl (C=O) groups excluding carboxylic acids is 2. The van der Waals surface area contributed by atoms with Crippen LogP contribution in [0, 0.1) is 17.2 Å². The van der Waals surface area contributed by atoms with Gasteiger partial charge >= 0.3 is 0 Å². The van der Waals surface area contributed by atoms with Gasteiger partial charge < -0.3 is 10.6 Å². The Morgan fingerprint density at radius 3 is 2.66 bits per heavy atom. The molecule has 0 bridgehead atoms. The summed E-state index contributed by atoms with van der Waals surface area (Å²) in [5, 5.41) is 19.1. The van der Waals surface area contributed by atoms with Crippen LogP contribution in [0.4, 0.5) is 5.13 Å². The first-order valence-corrected chi connectivity index (χ1v) is 11.9. The molecule has 1 aromatic heterocycles. The van der Waals surface area contributed by atoms with Gasteiger partial charge in [0.2, 0.25) is 5.91 Å². The van der Waals surface area contributed by atoms with Crippen molar-refractivity contribution in [1.82, 2.24) is 20.6 Å². The zero-order chi connectivity index (χ0) is 22.8. The number of anilines is 1. The summed E-state index contributed by atoms with van der Waals surface area (Å²) in [6.45, 7) is 4.56. The molecule has 1 aliphatic rings. The molecule has 0 saturated carbocycles. The standard InChI is InChI=1S/C23H30N6O2S/c1-17(15-21(30)25-12-10-24)9-11-26-22(31)19-7-5-18(6-8-19)20-16-32-23(27-20)28-29-13-3-2-4-14-29/h5-8,16-17H,2-4,9,11-15H2,1H3,(H,25,30)(H,26,31)(H,27,28). The zero-order valence-corrected chi connectivity index (χ0v) is 19.2. The van der Waals surface area contributed by atoms with E-state index in [-0.39, 0.29) is 24.3 Å². The molecule has 8 nitrogen and oxygen atoms in total. The molecule has 0 radical (unpaired) electrons. The third kappa shape index (κ3) is 7.32. The van der Waals surface area contributed by atoms with Crippen molar-refractivity contribution in [2.45, 2.75) is 39.0 Å². The fourth-order valence-corrected chi connectivity index (χ4v) is 4.30. The highest BCUT2D eigenvalue weighted by molar-refractivity contribution is 7.14. The van der Waals surface area contributed by atoms with Crippen LogP contribution in [0.5, 0.6) is 0 Å². The third-order valence-corrected chi connectivity index (χ3v) is 6.12. The number of carbonyl (C=O) groups is 2. The summed E-state index contributed by atoms with van der Waals surface area (Å²) in [5.41, 5.74) is 5.85.